The van der Waals surface area contributed by atoms with Gasteiger partial charge in [-0.25, -0.2) is 23.1 Å². The molecule has 128 valence electrons. The Hall–Kier alpha value is -2.13. The molecule has 0 saturated heterocycles. The van der Waals surface area contributed by atoms with Crippen molar-refractivity contribution >= 4 is 27.7 Å². The van der Waals surface area contributed by atoms with Crippen molar-refractivity contribution < 1.29 is 8.42 Å². The van der Waals surface area contributed by atoms with E-state index in [-0.39, 0.29) is 10.9 Å². The van der Waals surface area contributed by atoms with E-state index < -0.39 is 10.0 Å². The van der Waals surface area contributed by atoms with Crippen LogP contribution in [0.3, 0.4) is 0 Å². The highest BCUT2D eigenvalue weighted by Crippen LogP contribution is 2.08. The van der Waals surface area contributed by atoms with Crippen molar-refractivity contribution in [2.75, 3.05) is 19.3 Å². The summed E-state index contributed by atoms with van der Waals surface area (Å²) in [5.74, 6) is 2.41. The molecule has 0 unspecified atom stereocenters. The second-order valence-corrected chi connectivity index (χ2v) is 7.40. The van der Waals surface area contributed by atoms with Crippen LogP contribution < -0.4 is 10.0 Å². The van der Waals surface area contributed by atoms with Crippen molar-refractivity contribution in [1.82, 2.24) is 20.0 Å². The van der Waals surface area contributed by atoms with Crippen molar-refractivity contribution in [2.24, 2.45) is 4.99 Å². The van der Waals surface area contributed by atoms with Gasteiger partial charge < -0.3 is 5.32 Å². The van der Waals surface area contributed by atoms with Crippen LogP contribution in [0, 0.1) is 0 Å². The molecule has 7 nitrogen and oxygen atoms in total. The minimum atomic E-state index is -3.63. The zero-order valence-corrected chi connectivity index (χ0v) is 14.8. The average Bonchev–Trinajstić information content (AvgIpc) is 2.62. The molecule has 0 fully saturated rings. The molecular weight excluding hydrogens is 346 g/mol. The number of sulfonamides is 1. The summed E-state index contributed by atoms with van der Waals surface area (Å²) >= 11 is 1.64. The van der Waals surface area contributed by atoms with Gasteiger partial charge in [0, 0.05) is 25.2 Å². The van der Waals surface area contributed by atoms with E-state index in [1.165, 1.54) is 12.1 Å². The molecular formula is C15H19N5O2S2. The van der Waals surface area contributed by atoms with Crippen LogP contribution in [0.2, 0.25) is 0 Å². The normalized spacial score (nSPS) is 12.0. The molecule has 0 aliphatic rings. The van der Waals surface area contributed by atoms with Gasteiger partial charge >= 0.3 is 0 Å². The van der Waals surface area contributed by atoms with E-state index >= 15 is 0 Å². The van der Waals surface area contributed by atoms with E-state index in [9.17, 15) is 8.42 Å². The number of guanidine groups is 1. The molecule has 2 aromatic rings. The fraction of sp³-hybridized carbons (Fsp3) is 0.267. The molecule has 1 aromatic carbocycles. The van der Waals surface area contributed by atoms with Crippen LogP contribution in [0.25, 0.3) is 0 Å². The molecule has 2 N–H and O–H groups in total. The number of nitrogens with zero attached hydrogens (tertiary/aromatic N) is 3. The Kier molecular flexibility index (Phi) is 7.01. The van der Waals surface area contributed by atoms with E-state index in [1.807, 2.05) is 0 Å². The van der Waals surface area contributed by atoms with Gasteiger partial charge in [-0.1, -0.05) is 18.2 Å². The van der Waals surface area contributed by atoms with Crippen LogP contribution in [0.1, 0.15) is 5.82 Å². The van der Waals surface area contributed by atoms with Crippen LogP contribution in [0.5, 0.6) is 0 Å². The Bertz CT molecular complexity index is 752. The van der Waals surface area contributed by atoms with Crippen LogP contribution in [-0.2, 0) is 15.8 Å². The van der Waals surface area contributed by atoms with Crippen LogP contribution in [0.15, 0.2) is 58.7 Å². The van der Waals surface area contributed by atoms with Crippen molar-refractivity contribution in [2.45, 2.75) is 10.6 Å². The number of benzene rings is 1. The highest BCUT2D eigenvalue weighted by molar-refractivity contribution is 7.98. The Balaban J connectivity index is 1.83. The van der Waals surface area contributed by atoms with Crippen molar-refractivity contribution in [3.8, 4) is 0 Å². The molecule has 0 aliphatic carbocycles. The van der Waals surface area contributed by atoms with Gasteiger partial charge in [0.15, 0.2) is 0 Å². The Labute approximate surface area is 146 Å². The standard InChI is InChI=1S/C15H19N5O2S2/c1-16-15(20-24(21,22)13-6-3-2-4-7-13)19-10-11-23-12-14-17-8-5-9-18-14/h2-9H,10-12H2,1H3,(H2,16,19,20). The Morgan fingerprint density at radius 2 is 1.88 bits per heavy atom. The average molecular weight is 365 g/mol. The lowest BCUT2D eigenvalue weighted by molar-refractivity contribution is 0.591. The fourth-order valence-corrected chi connectivity index (χ4v) is 3.49. The molecule has 0 radical (unpaired) electrons. The van der Waals surface area contributed by atoms with Crippen LogP contribution in [-0.4, -0.2) is 43.7 Å². The van der Waals surface area contributed by atoms with E-state index in [1.54, 1.807) is 55.5 Å². The van der Waals surface area contributed by atoms with Gasteiger partial charge in [-0.3, -0.25) is 4.99 Å². The molecule has 0 spiro atoms. The smallest absolute Gasteiger partial charge is 0.264 e. The third-order valence-electron chi connectivity index (χ3n) is 2.88. The van der Waals surface area contributed by atoms with Crippen LogP contribution in [0.4, 0.5) is 0 Å². The third kappa shape index (κ3) is 5.82. The summed E-state index contributed by atoms with van der Waals surface area (Å²) in [4.78, 5) is 12.7. The van der Waals surface area contributed by atoms with Crippen LogP contribution >= 0.6 is 11.8 Å². The van der Waals surface area contributed by atoms with Gasteiger partial charge in [0.05, 0.1) is 17.2 Å². The zero-order chi connectivity index (χ0) is 17.3. The summed E-state index contributed by atoms with van der Waals surface area (Å²) in [6, 6.07) is 9.95. The molecule has 2 rings (SSSR count). The largest absolute Gasteiger partial charge is 0.359 e. The molecule has 0 amide bonds. The number of hydrogen-bond donors (Lipinski definition) is 2. The second kappa shape index (κ2) is 9.24. The Morgan fingerprint density at radius 3 is 2.54 bits per heavy atom. The topological polar surface area (TPSA) is 96.3 Å². The molecule has 0 saturated carbocycles. The van der Waals surface area contributed by atoms with E-state index in [0.29, 0.717) is 12.3 Å². The van der Waals surface area contributed by atoms with Gasteiger partial charge in [-0.15, -0.1) is 0 Å². The summed E-state index contributed by atoms with van der Waals surface area (Å²) < 4.78 is 26.9. The molecule has 24 heavy (non-hydrogen) atoms. The lowest BCUT2D eigenvalue weighted by atomic mass is 10.4. The molecule has 0 atom stereocenters. The SMILES string of the molecule is CNC(=NCCSCc1ncccn1)NS(=O)(=O)c1ccccc1. The highest BCUT2D eigenvalue weighted by atomic mass is 32.2. The lowest BCUT2D eigenvalue weighted by Crippen LogP contribution is -2.39. The summed E-state index contributed by atoms with van der Waals surface area (Å²) in [6.45, 7) is 0.477. The maximum Gasteiger partial charge on any atom is 0.264 e. The summed E-state index contributed by atoms with van der Waals surface area (Å²) in [5, 5.41) is 2.76. The van der Waals surface area contributed by atoms with E-state index in [2.05, 4.69) is 25.0 Å². The molecule has 9 heteroatoms. The molecule has 0 bridgehead atoms. The maximum absolute atomic E-state index is 12.2. The first kappa shape index (κ1) is 18.2. The maximum atomic E-state index is 12.2. The number of thioether (sulfide) groups is 1. The quantitative estimate of drug-likeness (QED) is 0.436. The fourth-order valence-electron chi connectivity index (χ4n) is 1.74. The lowest BCUT2D eigenvalue weighted by Gasteiger charge is -2.10. The number of hydrogen-bond acceptors (Lipinski definition) is 6. The minimum absolute atomic E-state index is 0.198. The number of nitrogens with one attached hydrogen (secondary N) is 2. The van der Waals surface area contributed by atoms with Crippen molar-refractivity contribution in [1.29, 1.82) is 0 Å². The first-order chi connectivity index (χ1) is 11.6. The molecule has 1 aromatic heterocycles. The predicted molar refractivity (Wildman–Crippen MR) is 96.3 cm³/mol. The number of aromatic nitrogens is 2. The Morgan fingerprint density at radius 1 is 1.17 bits per heavy atom. The van der Waals surface area contributed by atoms with Gasteiger partial charge in [-0.2, -0.15) is 11.8 Å². The number of rotatable bonds is 7. The van der Waals surface area contributed by atoms with Gasteiger partial charge in [0.2, 0.25) is 5.96 Å². The van der Waals surface area contributed by atoms with Crippen molar-refractivity contribution in [3.63, 3.8) is 0 Å². The van der Waals surface area contributed by atoms with E-state index in [4.69, 9.17) is 0 Å². The molecule has 0 aliphatic heterocycles. The zero-order valence-electron chi connectivity index (χ0n) is 13.2. The summed E-state index contributed by atoms with van der Waals surface area (Å²) in [6.07, 6.45) is 3.41. The molecule has 1 heterocycles. The van der Waals surface area contributed by atoms with E-state index in [0.717, 1.165) is 11.6 Å². The first-order valence-corrected chi connectivity index (χ1v) is 9.89. The first-order valence-electron chi connectivity index (χ1n) is 7.25. The predicted octanol–water partition coefficient (Wildman–Crippen LogP) is 1.26. The van der Waals surface area contributed by atoms with Crippen molar-refractivity contribution in [3.05, 3.63) is 54.6 Å². The minimum Gasteiger partial charge on any atom is -0.359 e. The second-order valence-electron chi connectivity index (χ2n) is 4.62. The summed E-state index contributed by atoms with van der Waals surface area (Å²) in [5.41, 5.74) is 0. The monoisotopic (exact) mass is 365 g/mol. The third-order valence-corrected chi connectivity index (χ3v) is 5.17. The van der Waals surface area contributed by atoms with Gasteiger partial charge in [0.1, 0.15) is 5.82 Å². The van der Waals surface area contributed by atoms with Gasteiger partial charge in [-0.05, 0) is 18.2 Å². The van der Waals surface area contributed by atoms with Gasteiger partial charge in [0.25, 0.3) is 10.0 Å². The summed E-state index contributed by atoms with van der Waals surface area (Å²) in [7, 11) is -2.01. The highest BCUT2D eigenvalue weighted by Gasteiger charge is 2.14. The number of aliphatic imine (C=N–C) groups is 1.